The molecule has 0 atom stereocenters. The van der Waals surface area contributed by atoms with E-state index in [0.29, 0.717) is 0 Å². The number of benzene rings is 1. The van der Waals surface area contributed by atoms with Gasteiger partial charge in [0.2, 0.25) is 11.5 Å². The second-order valence-corrected chi connectivity index (χ2v) is 5.45. The summed E-state index contributed by atoms with van der Waals surface area (Å²) in [6, 6.07) is 8.70. The Labute approximate surface area is 138 Å². The van der Waals surface area contributed by atoms with Crippen molar-refractivity contribution in [3.8, 4) is 11.1 Å². The van der Waals surface area contributed by atoms with E-state index < -0.39 is 34.8 Å². The van der Waals surface area contributed by atoms with Crippen molar-refractivity contribution in [1.29, 1.82) is 0 Å². The molecule has 25 heavy (non-hydrogen) atoms. The first-order valence-corrected chi connectivity index (χ1v) is 7.22. The number of hydrogen-bond acceptors (Lipinski definition) is 4. The summed E-state index contributed by atoms with van der Waals surface area (Å²) in [4.78, 5) is 29.1. The molecule has 0 unspecified atom stereocenters. The summed E-state index contributed by atoms with van der Waals surface area (Å²) in [5.74, 6) is -3.39. The zero-order valence-electron chi connectivity index (χ0n) is 12.4. The lowest BCUT2D eigenvalue weighted by molar-refractivity contribution is -0.152. The molecule has 7 heteroatoms. The number of ketones is 2. The molecule has 4 rings (SSSR count). The molecule has 0 spiro atoms. The number of carbonyl (C=O) groups excluding carboxylic acids is 2. The zero-order chi connectivity index (χ0) is 17.8. The fraction of sp³-hybridized carbons (Fsp3) is 0.0556. The van der Waals surface area contributed by atoms with Crippen LogP contribution in [0.1, 0.15) is 37.8 Å². The first kappa shape index (κ1) is 15.3. The molecule has 0 radical (unpaired) electrons. The van der Waals surface area contributed by atoms with Gasteiger partial charge >= 0.3 is 6.18 Å². The third kappa shape index (κ3) is 2.20. The molecule has 1 aliphatic carbocycles. The third-order valence-electron chi connectivity index (χ3n) is 3.97. The van der Waals surface area contributed by atoms with Crippen LogP contribution in [0.4, 0.5) is 13.2 Å². The quantitative estimate of drug-likeness (QED) is 0.521. The van der Waals surface area contributed by atoms with Crippen LogP contribution in [0.15, 0.2) is 53.2 Å². The Balaban J connectivity index is 2.08. The van der Waals surface area contributed by atoms with E-state index in [4.69, 9.17) is 4.42 Å². The van der Waals surface area contributed by atoms with Crippen molar-refractivity contribution in [2.24, 2.45) is 0 Å². The predicted octanol–water partition coefficient (Wildman–Crippen LogP) is 4.14. The fourth-order valence-corrected chi connectivity index (χ4v) is 2.93. The molecule has 124 valence electrons. The van der Waals surface area contributed by atoms with Crippen LogP contribution < -0.4 is 0 Å². The summed E-state index contributed by atoms with van der Waals surface area (Å²) in [5.41, 5.74) is -0.687. The first-order valence-electron chi connectivity index (χ1n) is 7.22. The Kier molecular flexibility index (Phi) is 3.15. The van der Waals surface area contributed by atoms with E-state index in [2.05, 4.69) is 4.98 Å². The van der Waals surface area contributed by atoms with Crippen molar-refractivity contribution < 1.29 is 27.2 Å². The Morgan fingerprint density at radius 1 is 0.880 bits per heavy atom. The van der Waals surface area contributed by atoms with E-state index in [1.807, 2.05) is 0 Å². The van der Waals surface area contributed by atoms with E-state index in [0.717, 1.165) is 0 Å². The molecule has 3 aromatic rings. The van der Waals surface area contributed by atoms with Gasteiger partial charge in [0.05, 0.1) is 5.56 Å². The lowest BCUT2D eigenvalue weighted by Crippen LogP contribution is -2.19. The Morgan fingerprint density at radius 3 is 2.16 bits per heavy atom. The molecule has 0 amide bonds. The standard InChI is InChI=1S/C18H8F3NO3/c19-18(20,21)17-12(9-4-3-7-22-8-9)13-14(23)10-5-1-2-6-11(10)15(24)16(13)25-17/h1-8H. The van der Waals surface area contributed by atoms with E-state index >= 15 is 0 Å². The average Bonchev–Trinajstić information content (AvgIpc) is 3.02. The lowest BCUT2D eigenvalue weighted by Gasteiger charge is -2.13. The van der Waals surface area contributed by atoms with Crippen molar-refractivity contribution in [2.75, 3.05) is 0 Å². The van der Waals surface area contributed by atoms with Gasteiger partial charge in [-0.2, -0.15) is 13.2 Å². The van der Waals surface area contributed by atoms with Gasteiger partial charge in [-0.25, -0.2) is 0 Å². The van der Waals surface area contributed by atoms with Crippen molar-refractivity contribution in [3.05, 3.63) is 77.0 Å². The van der Waals surface area contributed by atoms with Crippen LogP contribution >= 0.6 is 0 Å². The number of carbonyl (C=O) groups is 2. The molecule has 4 nitrogen and oxygen atoms in total. The number of halogens is 3. The van der Waals surface area contributed by atoms with Crippen molar-refractivity contribution >= 4 is 11.6 Å². The summed E-state index contributed by atoms with van der Waals surface area (Å²) in [7, 11) is 0. The molecular formula is C18H8F3NO3. The molecule has 0 saturated carbocycles. The van der Waals surface area contributed by atoms with Crippen LogP contribution in [0, 0.1) is 0 Å². The number of aromatic nitrogens is 1. The number of rotatable bonds is 1. The molecular weight excluding hydrogens is 335 g/mol. The highest BCUT2D eigenvalue weighted by molar-refractivity contribution is 6.29. The first-order chi connectivity index (χ1) is 11.9. The highest BCUT2D eigenvalue weighted by Gasteiger charge is 2.45. The van der Waals surface area contributed by atoms with E-state index in [1.165, 1.54) is 42.7 Å². The molecule has 0 aliphatic heterocycles. The molecule has 2 aromatic heterocycles. The maximum absolute atomic E-state index is 13.5. The molecule has 2 heterocycles. The number of hydrogen-bond donors (Lipinski definition) is 0. The number of alkyl halides is 3. The van der Waals surface area contributed by atoms with Crippen molar-refractivity contribution in [2.45, 2.75) is 6.18 Å². The smallest absolute Gasteiger partial charge is 0.447 e. The van der Waals surface area contributed by atoms with Crippen LogP contribution in [0.5, 0.6) is 0 Å². The lowest BCUT2D eigenvalue weighted by atomic mass is 9.85. The number of pyridine rings is 1. The summed E-state index contributed by atoms with van der Waals surface area (Å²) in [6.07, 6.45) is -2.28. The molecule has 0 N–H and O–H groups in total. The Hall–Kier alpha value is -3.22. The highest BCUT2D eigenvalue weighted by atomic mass is 19.4. The van der Waals surface area contributed by atoms with Crippen molar-refractivity contribution in [3.63, 3.8) is 0 Å². The van der Waals surface area contributed by atoms with E-state index in [-0.39, 0.29) is 22.3 Å². The van der Waals surface area contributed by atoms with Crippen LogP contribution in [0.25, 0.3) is 11.1 Å². The Morgan fingerprint density at radius 2 is 1.56 bits per heavy atom. The topological polar surface area (TPSA) is 60.2 Å². The number of furan rings is 1. The van der Waals surface area contributed by atoms with E-state index in [9.17, 15) is 22.8 Å². The van der Waals surface area contributed by atoms with Gasteiger partial charge in [-0.15, -0.1) is 0 Å². The van der Waals surface area contributed by atoms with Gasteiger partial charge in [-0.1, -0.05) is 30.3 Å². The van der Waals surface area contributed by atoms with Gasteiger partial charge in [-0.3, -0.25) is 14.6 Å². The van der Waals surface area contributed by atoms with Gasteiger partial charge in [0.25, 0.3) is 0 Å². The third-order valence-corrected chi connectivity index (χ3v) is 3.97. The SMILES string of the molecule is O=C1c2ccccc2C(=O)c2c1oc(C(F)(F)F)c2-c1cccnc1. The summed E-state index contributed by atoms with van der Waals surface area (Å²) in [6.45, 7) is 0. The highest BCUT2D eigenvalue weighted by Crippen LogP contribution is 2.45. The zero-order valence-corrected chi connectivity index (χ0v) is 12.4. The number of nitrogens with zero attached hydrogens (tertiary/aromatic N) is 1. The average molecular weight is 343 g/mol. The van der Waals surface area contributed by atoms with Crippen molar-refractivity contribution in [1.82, 2.24) is 4.98 Å². The summed E-state index contributed by atoms with van der Waals surface area (Å²) in [5, 5.41) is 0. The molecule has 1 aromatic carbocycles. The molecule has 1 aliphatic rings. The predicted molar refractivity (Wildman–Crippen MR) is 80.2 cm³/mol. The van der Waals surface area contributed by atoms with Crippen LogP contribution in [-0.2, 0) is 6.18 Å². The second kappa shape index (κ2) is 5.14. The summed E-state index contributed by atoms with van der Waals surface area (Å²) < 4.78 is 45.3. The molecule has 0 saturated heterocycles. The second-order valence-electron chi connectivity index (χ2n) is 5.45. The largest absolute Gasteiger partial charge is 0.450 e. The molecule has 0 fully saturated rings. The van der Waals surface area contributed by atoms with Gasteiger partial charge < -0.3 is 4.42 Å². The maximum Gasteiger partial charge on any atom is 0.450 e. The minimum atomic E-state index is -4.87. The Bertz CT molecular complexity index is 1020. The normalized spacial score (nSPS) is 13.6. The van der Waals surface area contributed by atoms with Gasteiger partial charge in [-0.05, 0) is 6.07 Å². The van der Waals surface area contributed by atoms with Crippen LogP contribution in [0.3, 0.4) is 0 Å². The van der Waals surface area contributed by atoms with Crippen LogP contribution in [-0.4, -0.2) is 16.6 Å². The summed E-state index contributed by atoms with van der Waals surface area (Å²) >= 11 is 0. The minimum absolute atomic E-state index is 0.0280. The van der Waals surface area contributed by atoms with Gasteiger partial charge in [0.1, 0.15) is 0 Å². The van der Waals surface area contributed by atoms with E-state index in [1.54, 1.807) is 6.07 Å². The maximum atomic E-state index is 13.5. The van der Waals surface area contributed by atoms with Crippen LogP contribution in [0.2, 0.25) is 0 Å². The van der Waals surface area contributed by atoms with Gasteiger partial charge in [0, 0.05) is 34.6 Å². The van der Waals surface area contributed by atoms with Gasteiger partial charge in [0.15, 0.2) is 11.5 Å². The molecule has 0 bridgehead atoms. The number of fused-ring (bicyclic) bond motifs is 2. The fourth-order valence-electron chi connectivity index (χ4n) is 2.93. The monoisotopic (exact) mass is 343 g/mol. The minimum Gasteiger partial charge on any atom is -0.447 e.